The monoisotopic (exact) mass is 319 g/mol. The zero-order valence-corrected chi connectivity index (χ0v) is 13.4. The first-order valence-corrected chi connectivity index (χ1v) is 8.42. The number of ether oxygens (including phenoxy) is 2. The van der Waals surface area contributed by atoms with E-state index in [1.54, 1.807) is 4.90 Å². The molecule has 0 saturated carbocycles. The van der Waals surface area contributed by atoms with Gasteiger partial charge in [-0.15, -0.1) is 0 Å². The highest BCUT2D eigenvalue weighted by atomic mass is 16.6. The van der Waals surface area contributed by atoms with Gasteiger partial charge in [0, 0.05) is 38.8 Å². The summed E-state index contributed by atoms with van der Waals surface area (Å²) in [6, 6.07) is 9.69. The first-order valence-electron chi connectivity index (χ1n) is 8.42. The van der Waals surface area contributed by atoms with E-state index in [0.29, 0.717) is 31.5 Å². The Kier molecular flexibility index (Phi) is 5.51. The topological polar surface area (TPSA) is 59.0 Å². The fourth-order valence-corrected chi connectivity index (χ4v) is 3.73. The van der Waals surface area contributed by atoms with E-state index in [4.69, 9.17) is 9.47 Å². The van der Waals surface area contributed by atoms with Crippen molar-refractivity contribution >= 4 is 6.09 Å². The second kappa shape index (κ2) is 7.79. The third-order valence-electron chi connectivity index (χ3n) is 5.06. The van der Waals surface area contributed by atoms with Crippen molar-refractivity contribution in [2.24, 2.45) is 17.8 Å². The largest absolute Gasteiger partial charge is 0.445 e. The summed E-state index contributed by atoms with van der Waals surface area (Å²) in [5.74, 6) is 1.04. The minimum absolute atomic E-state index is 0.129. The van der Waals surface area contributed by atoms with E-state index in [-0.39, 0.29) is 18.6 Å². The molecule has 0 radical (unpaired) electrons. The maximum atomic E-state index is 12.3. The molecule has 2 saturated heterocycles. The van der Waals surface area contributed by atoms with E-state index in [9.17, 15) is 9.90 Å². The zero-order valence-electron chi connectivity index (χ0n) is 13.4. The molecule has 1 amide bonds. The van der Waals surface area contributed by atoms with E-state index in [1.165, 1.54) is 0 Å². The van der Waals surface area contributed by atoms with Gasteiger partial charge in [0.25, 0.3) is 0 Å². The van der Waals surface area contributed by atoms with E-state index in [2.05, 4.69) is 0 Å². The highest BCUT2D eigenvalue weighted by Crippen LogP contribution is 2.35. The van der Waals surface area contributed by atoms with Crippen LogP contribution in [0.5, 0.6) is 0 Å². The Balaban J connectivity index is 1.54. The van der Waals surface area contributed by atoms with Gasteiger partial charge >= 0.3 is 6.09 Å². The average Bonchev–Trinajstić information content (AvgIpc) is 3.06. The molecule has 5 nitrogen and oxygen atoms in total. The van der Waals surface area contributed by atoms with Crippen LogP contribution in [0.1, 0.15) is 18.4 Å². The van der Waals surface area contributed by atoms with Crippen LogP contribution in [0, 0.1) is 17.8 Å². The lowest BCUT2D eigenvalue weighted by atomic mass is 9.80. The quantitative estimate of drug-likeness (QED) is 0.925. The minimum Gasteiger partial charge on any atom is -0.445 e. The van der Waals surface area contributed by atoms with Gasteiger partial charge in [-0.1, -0.05) is 30.3 Å². The van der Waals surface area contributed by atoms with Gasteiger partial charge in [0.05, 0.1) is 0 Å². The van der Waals surface area contributed by atoms with Crippen LogP contribution in [0.15, 0.2) is 30.3 Å². The number of carbonyl (C=O) groups excluding carboxylic acids is 1. The predicted octanol–water partition coefficient (Wildman–Crippen LogP) is 2.29. The molecular formula is C18H25NO4. The number of nitrogens with zero attached hydrogens (tertiary/aromatic N) is 1. The second-order valence-electron chi connectivity index (χ2n) is 6.50. The molecule has 0 spiro atoms. The number of carbonyl (C=O) groups is 1. The van der Waals surface area contributed by atoms with Gasteiger partial charge in [-0.2, -0.15) is 0 Å². The lowest BCUT2D eigenvalue weighted by molar-refractivity contribution is 0.0351. The highest BCUT2D eigenvalue weighted by Gasteiger charge is 2.40. The van der Waals surface area contributed by atoms with Gasteiger partial charge in [0.1, 0.15) is 6.61 Å². The average molecular weight is 319 g/mol. The van der Waals surface area contributed by atoms with Crippen LogP contribution in [-0.4, -0.2) is 49.0 Å². The Morgan fingerprint density at radius 1 is 1.22 bits per heavy atom. The van der Waals surface area contributed by atoms with E-state index >= 15 is 0 Å². The molecule has 0 aliphatic carbocycles. The molecule has 1 N–H and O–H groups in total. The lowest BCUT2D eigenvalue weighted by Gasteiger charge is -2.30. The van der Waals surface area contributed by atoms with Crippen LogP contribution in [0.25, 0.3) is 0 Å². The number of aliphatic hydroxyl groups is 1. The van der Waals surface area contributed by atoms with Crippen LogP contribution in [-0.2, 0) is 16.1 Å². The molecule has 2 heterocycles. The molecule has 126 valence electrons. The molecule has 5 heteroatoms. The molecule has 0 bridgehead atoms. The predicted molar refractivity (Wildman–Crippen MR) is 85.8 cm³/mol. The first kappa shape index (κ1) is 16.3. The summed E-state index contributed by atoms with van der Waals surface area (Å²) in [6.07, 6.45) is 1.77. The number of benzene rings is 1. The van der Waals surface area contributed by atoms with Crippen molar-refractivity contribution < 1.29 is 19.4 Å². The first-order chi connectivity index (χ1) is 11.3. The van der Waals surface area contributed by atoms with Crippen LogP contribution < -0.4 is 0 Å². The van der Waals surface area contributed by atoms with Crippen molar-refractivity contribution in [1.82, 2.24) is 4.90 Å². The summed E-state index contributed by atoms with van der Waals surface area (Å²) in [6.45, 7) is 3.28. The van der Waals surface area contributed by atoms with Crippen LogP contribution in [0.4, 0.5) is 4.79 Å². The van der Waals surface area contributed by atoms with Gasteiger partial charge in [0.2, 0.25) is 0 Å². The molecule has 0 aromatic heterocycles. The van der Waals surface area contributed by atoms with E-state index in [0.717, 1.165) is 31.6 Å². The molecule has 0 unspecified atom stereocenters. The molecule has 2 aliphatic rings. The molecule has 2 atom stereocenters. The normalized spacial score (nSPS) is 25.5. The van der Waals surface area contributed by atoms with Gasteiger partial charge in [0.15, 0.2) is 0 Å². The van der Waals surface area contributed by atoms with Crippen molar-refractivity contribution in [2.75, 3.05) is 32.9 Å². The minimum atomic E-state index is -0.276. The number of hydrogen-bond donors (Lipinski definition) is 1. The van der Waals surface area contributed by atoms with Crippen molar-refractivity contribution in [1.29, 1.82) is 0 Å². The molecular weight excluding hydrogens is 294 g/mol. The van der Waals surface area contributed by atoms with Gasteiger partial charge in [-0.3, -0.25) is 0 Å². The van der Waals surface area contributed by atoms with E-state index in [1.807, 2.05) is 30.3 Å². The second-order valence-corrected chi connectivity index (χ2v) is 6.50. The van der Waals surface area contributed by atoms with Crippen LogP contribution in [0.3, 0.4) is 0 Å². The molecule has 3 rings (SSSR count). The number of likely N-dealkylation sites (tertiary alicyclic amines) is 1. The molecule has 1 aromatic rings. The maximum Gasteiger partial charge on any atom is 0.410 e. The Bertz CT molecular complexity index is 501. The summed E-state index contributed by atoms with van der Waals surface area (Å²) in [7, 11) is 0. The summed E-state index contributed by atoms with van der Waals surface area (Å²) >= 11 is 0. The number of amides is 1. The van der Waals surface area contributed by atoms with Crippen molar-refractivity contribution in [2.45, 2.75) is 19.4 Å². The van der Waals surface area contributed by atoms with Gasteiger partial charge in [-0.05, 0) is 30.2 Å². The summed E-state index contributed by atoms with van der Waals surface area (Å²) in [5, 5.41) is 9.66. The van der Waals surface area contributed by atoms with Crippen molar-refractivity contribution in [3.05, 3.63) is 35.9 Å². The van der Waals surface area contributed by atoms with Gasteiger partial charge in [-0.25, -0.2) is 4.79 Å². The Labute approximate surface area is 137 Å². The SMILES string of the molecule is O=C(OCc1ccccc1)N1C[C@@H](CO)[C@H](C2CCOCC2)C1. The third kappa shape index (κ3) is 4.03. The van der Waals surface area contributed by atoms with E-state index < -0.39 is 0 Å². The zero-order chi connectivity index (χ0) is 16.1. The molecule has 2 aliphatic heterocycles. The Hall–Kier alpha value is -1.59. The Morgan fingerprint density at radius 2 is 1.96 bits per heavy atom. The summed E-state index contributed by atoms with van der Waals surface area (Å²) in [4.78, 5) is 14.1. The third-order valence-corrected chi connectivity index (χ3v) is 5.06. The lowest BCUT2D eigenvalue weighted by Crippen LogP contribution is -2.31. The van der Waals surface area contributed by atoms with Gasteiger partial charge < -0.3 is 19.5 Å². The Morgan fingerprint density at radius 3 is 2.65 bits per heavy atom. The molecule has 1 aromatic carbocycles. The standard InChI is InChI=1S/C18H25NO4/c20-12-16-10-19(11-17(16)15-6-8-22-9-7-15)18(21)23-13-14-4-2-1-3-5-14/h1-5,15-17,20H,6-13H2/t16-,17-/m0/s1. The fraction of sp³-hybridized carbons (Fsp3) is 0.611. The fourth-order valence-electron chi connectivity index (χ4n) is 3.73. The maximum absolute atomic E-state index is 12.3. The molecule has 23 heavy (non-hydrogen) atoms. The number of hydrogen-bond acceptors (Lipinski definition) is 4. The summed E-state index contributed by atoms with van der Waals surface area (Å²) < 4.78 is 10.8. The number of aliphatic hydroxyl groups excluding tert-OH is 1. The summed E-state index contributed by atoms with van der Waals surface area (Å²) in [5.41, 5.74) is 0.986. The van der Waals surface area contributed by atoms with Crippen LogP contribution in [0.2, 0.25) is 0 Å². The smallest absolute Gasteiger partial charge is 0.410 e. The highest BCUT2D eigenvalue weighted by molar-refractivity contribution is 5.68. The molecule has 2 fully saturated rings. The number of rotatable bonds is 4. The van der Waals surface area contributed by atoms with Crippen molar-refractivity contribution in [3.8, 4) is 0 Å². The van der Waals surface area contributed by atoms with Crippen LogP contribution >= 0.6 is 0 Å². The van der Waals surface area contributed by atoms with Crippen molar-refractivity contribution in [3.63, 3.8) is 0 Å².